The van der Waals surface area contributed by atoms with E-state index in [0.29, 0.717) is 5.56 Å². The molecule has 26 heavy (non-hydrogen) atoms. The topological polar surface area (TPSA) is 57.0 Å². The van der Waals surface area contributed by atoms with Gasteiger partial charge in [0.2, 0.25) is 0 Å². The molecule has 8 heteroatoms. The third-order valence-corrected chi connectivity index (χ3v) is 3.85. The zero-order valence-electron chi connectivity index (χ0n) is 14.7. The Kier molecular flexibility index (Phi) is 6.18. The van der Waals surface area contributed by atoms with Crippen molar-refractivity contribution in [1.29, 1.82) is 0 Å². The Balaban J connectivity index is 2.36. The number of halogens is 3. The molecule has 2 rings (SSSR count). The van der Waals surface area contributed by atoms with E-state index in [0.717, 1.165) is 24.4 Å². The van der Waals surface area contributed by atoms with Gasteiger partial charge in [0, 0.05) is 30.0 Å². The summed E-state index contributed by atoms with van der Waals surface area (Å²) in [6.07, 6.45) is 1.67. The Morgan fingerprint density at radius 2 is 2.08 bits per heavy atom. The Morgan fingerprint density at radius 1 is 1.35 bits per heavy atom. The highest BCUT2D eigenvalue weighted by molar-refractivity contribution is 5.87. The predicted octanol–water partition coefficient (Wildman–Crippen LogP) is 4.38. The van der Waals surface area contributed by atoms with Gasteiger partial charge < -0.3 is 4.74 Å². The average molecular weight is 367 g/mol. The third kappa shape index (κ3) is 4.71. The monoisotopic (exact) mass is 367 g/mol. The van der Waals surface area contributed by atoms with Crippen molar-refractivity contribution in [3.05, 3.63) is 47.4 Å². The number of carbonyl (C=O) groups is 1. The number of carbonyl (C=O) groups excluding carboxylic acids is 1. The molecular formula is C18H20F3N3O2. The van der Waals surface area contributed by atoms with Crippen LogP contribution < -0.4 is 0 Å². The van der Waals surface area contributed by atoms with Crippen molar-refractivity contribution in [2.45, 2.75) is 39.3 Å². The molecule has 0 spiro atoms. The first-order valence-corrected chi connectivity index (χ1v) is 8.24. The molecule has 0 amide bonds. The summed E-state index contributed by atoms with van der Waals surface area (Å²) in [5.41, 5.74) is 0.599. The lowest BCUT2D eigenvalue weighted by Crippen LogP contribution is -2.07. The van der Waals surface area contributed by atoms with Gasteiger partial charge in [-0.25, -0.2) is 14.5 Å². The highest BCUT2D eigenvalue weighted by atomic mass is 19.4. The maximum Gasteiger partial charge on any atom is 0.417 e. The number of nitrogens with zero attached hydrogens (tertiary/aromatic N) is 3. The van der Waals surface area contributed by atoms with Crippen LogP contribution in [0.3, 0.4) is 0 Å². The molecule has 1 atom stereocenters. The van der Waals surface area contributed by atoms with Crippen molar-refractivity contribution in [2.75, 3.05) is 6.61 Å². The van der Waals surface area contributed by atoms with Crippen molar-refractivity contribution < 1.29 is 22.7 Å². The number of hydrogen-bond donors (Lipinski definition) is 0. The highest BCUT2D eigenvalue weighted by Crippen LogP contribution is 2.29. The van der Waals surface area contributed by atoms with E-state index >= 15 is 0 Å². The molecular weight excluding hydrogens is 347 g/mol. The summed E-state index contributed by atoms with van der Waals surface area (Å²) in [6, 6.07) is 2.22. The summed E-state index contributed by atoms with van der Waals surface area (Å²) in [5.74, 6) is -0.103. The first-order chi connectivity index (χ1) is 12.3. The summed E-state index contributed by atoms with van der Waals surface area (Å²) in [5, 5.41) is 4.44. The average Bonchev–Trinajstić information content (AvgIpc) is 3.03. The van der Waals surface area contributed by atoms with Crippen LogP contribution in [0.4, 0.5) is 13.2 Å². The zero-order valence-corrected chi connectivity index (χ0v) is 14.7. The molecule has 0 aliphatic heterocycles. The molecule has 0 aromatic carbocycles. The van der Waals surface area contributed by atoms with Crippen molar-refractivity contribution in [3.63, 3.8) is 0 Å². The van der Waals surface area contributed by atoms with Crippen LogP contribution in [0.5, 0.6) is 0 Å². The second-order valence-corrected chi connectivity index (χ2v) is 5.71. The minimum atomic E-state index is -4.44. The number of esters is 1. The summed E-state index contributed by atoms with van der Waals surface area (Å²) in [7, 11) is 0. The SMILES string of the molecule is CCOC(=O)C=Cc1cn(-c2ccc(C(F)(F)F)cn2)nc1C(C)CC. The molecule has 0 saturated carbocycles. The lowest BCUT2D eigenvalue weighted by Gasteiger charge is -2.07. The van der Waals surface area contributed by atoms with Crippen molar-refractivity contribution in [2.24, 2.45) is 0 Å². The number of aromatic nitrogens is 3. The lowest BCUT2D eigenvalue weighted by atomic mass is 10.0. The second kappa shape index (κ2) is 8.16. The fourth-order valence-corrected chi connectivity index (χ4v) is 2.26. The summed E-state index contributed by atoms with van der Waals surface area (Å²) >= 11 is 0. The summed E-state index contributed by atoms with van der Waals surface area (Å²) < 4.78 is 44.3. The van der Waals surface area contributed by atoms with Gasteiger partial charge in [-0.2, -0.15) is 18.3 Å². The normalized spacial score (nSPS) is 13.2. The van der Waals surface area contributed by atoms with Gasteiger partial charge in [-0.15, -0.1) is 0 Å². The van der Waals surface area contributed by atoms with E-state index in [4.69, 9.17) is 4.74 Å². The number of rotatable bonds is 6. The van der Waals surface area contributed by atoms with Crippen molar-refractivity contribution in [3.8, 4) is 5.82 Å². The van der Waals surface area contributed by atoms with Gasteiger partial charge in [0.05, 0.1) is 17.9 Å². The Hall–Kier alpha value is -2.64. The van der Waals surface area contributed by atoms with Gasteiger partial charge >= 0.3 is 12.1 Å². The van der Waals surface area contributed by atoms with Crippen LogP contribution in [0.25, 0.3) is 11.9 Å². The van der Waals surface area contributed by atoms with Crippen LogP contribution in [0.1, 0.15) is 49.9 Å². The largest absolute Gasteiger partial charge is 0.463 e. The molecule has 0 aliphatic carbocycles. The van der Waals surface area contributed by atoms with Crippen LogP contribution in [0.2, 0.25) is 0 Å². The number of alkyl halides is 3. The first kappa shape index (κ1) is 19.7. The minimum Gasteiger partial charge on any atom is -0.463 e. The van der Waals surface area contributed by atoms with Gasteiger partial charge in [-0.3, -0.25) is 0 Å². The van der Waals surface area contributed by atoms with E-state index in [1.54, 1.807) is 19.2 Å². The van der Waals surface area contributed by atoms with E-state index in [-0.39, 0.29) is 18.3 Å². The second-order valence-electron chi connectivity index (χ2n) is 5.71. The molecule has 0 N–H and O–H groups in total. The lowest BCUT2D eigenvalue weighted by molar-refractivity contribution is -0.138. The number of hydrogen-bond acceptors (Lipinski definition) is 4. The van der Waals surface area contributed by atoms with Crippen LogP contribution in [0, 0.1) is 0 Å². The fraction of sp³-hybridized carbons (Fsp3) is 0.389. The number of ether oxygens (including phenoxy) is 1. The van der Waals surface area contributed by atoms with E-state index < -0.39 is 17.7 Å². The van der Waals surface area contributed by atoms with Crippen LogP contribution >= 0.6 is 0 Å². The van der Waals surface area contributed by atoms with Crippen LogP contribution in [-0.4, -0.2) is 27.3 Å². The Labute approximate surface area is 149 Å². The number of pyridine rings is 1. The molecule has 1 unspecified atom stereocenters. The molecule has 0 fully saturated rings. The van der Waals surface area contributed by atoms with Gasteiger partial charge in [-0.1, -0.05) is 13.8 Å². The summed E-state index contributed by atoms with van der Waals surface area (Å²) in [6.45, 7) is 5.97. The molecule has 0 bridgehead atoms. The third-order valence-electron chi connectivity index (χ3n) is 3.85. The zero-order chi connectivity index (χ0) is 19.3. The minimum absolute atomic E-state index is 0.104. The molecule has 0 aliphatic rings. The summed E-state index contributed by atoms with van der Waals surface area (Å²) in [4.78, 5) is 15.4. The quantitative estimate of drug-likeness (QED) is 0.562. The van der Waals surface area contributed by atoms with Crippen LogP contribution in [-0.2, 0) is 15.7 Å². The highest BCUT2D eigenvalue weighted by Gasteiger charge is 2.30. The molecule has 2 heterocycles. The predicted molar refractivity (Wildman–Crippen MR) is 90.7 cm³/mol. The van der Waals surface area contributed by atoms with Gasteiger partial charge in [-0.05, 0) is 31.6 Å². The fourth-order valence-electron chi connectivity index (χ4n) is 2.26. The molecule has 2 aromatic heterocycles. The van der Waals surface area contributed by atoms with E-state index in [2.05, 4.69) is 10.1 Å². The Bertz CT molecular complexity index is 780. The maximum atomic E-state index is 12.7. The molecule has 0 saturated heterocycles. The van der Waals surface area contributed by atoms with E-state index in [9.17, 15) is 18.0 Å². The van der Waals surface area contributed by atoms with Crippen molar-refractivity contribution >= 4 is 12.0 Å². The standard InChI is InChI=1S/C18H20F3N3O2/c1-4-12(3)17-13(6-9-16(25)26-5-2)11-24(23-17)15-8-7-14(10-22-15)18(19,20)21/h6-12H,4-5H2,1-3H3. The van der Waals surface area contributed by atoms with E-state index in [1.807, 2.05) is 13.8 Å². The van der Waals surface area contributed by atoms with Gasteiger partial charge in [0.1, 0.15) is 0 Å². The molecule has 2 aromatic rings. The molecule has 5 nitrogen and oxygen atoms in total. The van der Waals surface area contributed by atoms with Gasteiger partial charge in [0.15, 0.2) is 5.82 Å². The Morgan fingerprint density at radius 3 is 2.62 bits per heavy atom. The molecule has 140 valence electrons. The van der Waals surface area contributed by atoms with Crippen LogP contribution in [0.15, 0.2) is 30.6 Å². The maximum absolute atomic E-state index is 12.7. The van der Waals surface area contributed by atoms with Crippen molar-refractivity contribution in [1.82, 2.24) is 14.8 Å². The van der Waals surface area contributed by atoms with Gasteiger partial charge in [0.25, 0.3) is 0 Å². The smallest absolute Gasteiger partial charge is 0.417 e. The van der Waals surface area contributed by atoms with E-state index in [1.165, 1.54) is 16.8 Å². The first-order valence-electron chi connectivity index (χ1n) is 8.24. The molecule has 0 radical (unpaired) electrons.